The van der Waals surface area contributed by atoms with E-state index in [0.717, 1.165) is 0 Å². The predicted octanol–water partition coefficient (Wildman–Crippen LogP) is 2.00. The normalized spacial score (nSPS) is 10.1. The van der Waals surface area contributed by atoms with Gasteiger partial charge in [-0.25, -0.2) is 14.6 Å². The highest BCUT2D eigenvalue weighted by molar-refractivity contribution is 5.99. The van der Waals surface area contributed by atoms with Crippen LogP contribution in [0.3, 0.4) is 0 Å². The molecule has 0 radical (unpaired) electrons. The van der Waals surface area contributed by atoms with Crippen molar-refractivity contribution in [1.82, 2.24) is 10.3 Å². The second-order valence-corrected chi connectivity index (χ2v) is 4.02. The third kappa shape index (κ3) is 3.35. The first kappa shape index (κ1) is 13.6. The van der Waals surface area contributed by atoms with Crippen molar-refractivity contribution in [2.24, 2.45) is 0 Å². The lowest BCUT2D eigenvalue weighted by Gasteiger charge is -2.08. The first-order valence-corrected chi connectivity index (χ1v) is 5.85. The summed E-state index contributed by atoms with van der Waals surface area (Å²) < 4.78 is 5.20. The Kier molecular flexibility index (Phi) is 3.99. The van der Waals surface area contributed by atoms with Gasteiger partial charge >= 0.3 is 12.0 Å². The van der Waals surface area contributed by atoms with Crippen LogP contribution in [0.25, 0.3) is 0 Å². The molecule has 1 heterocycles. The van der Waals surface area contributed by atoms with Crippen LogP contribution in [0.4, 0.5) is 10.5 Å². The standard InChI is InChI=1S/C13H13N3O4/c1-8-6-14-11(20-8)7-15-13(19)16-10-5-3-2-4-9(10)12(17)18/h2-6H,7H2,1H3,(H,17,18)(H2,15,16,19). The molecule has 1 aromatic carbocycles. The van der Waals surface area contributed by atoms with Crippen molar-refractivity contribution in [3.05, 3.63) is 47.7 Å². The van der Waals surface area contributed by atoms with E-state index in [4.69, 9.17) is 9.52 Å². The van der Waals surface area contributed by atoms with Crippen LogP contribution in [0.2, 0.25) is 0 Å². The molecule has 0 saturated heterocycles. The van der Waals surface area contributed by atoms with E-state index < -0.39 is 12.0 Å². The molecule has 104 valence electrons. The SMILES string of the molecule is Cc1cnc(CNC(=O)Nc2ccccc2C(=O)O)o1. The van der Waals surface area contributed by atoms with E-state index in [1.165, 1.54) is 12.1 Å². The Morgan fingerprint density at radius 1 is 1.35 bits per heavy atom. The lowest BCUT2D eigenvalue weighted by atomic mass is 10.2. The smallest absolute Gasteiger partial charge is 0.337 e. The molecule has 0 fully saturated rings. The second-order valence-electron chi connectivity index (χ2n) is 4.02. The molecule has 2 rings (SSSR count). The van der Waals surface area contributed by atoms with Crippen LogP contribution in [0, 0.1) is 6.92 Å². The zero-order valence-electron chi connectivity index (χ0n) is 10.7. The van der Waals surface area contributed by atoms with Gasteiger partial charge in [-0.05, 0) is 19.1 Å². The quantitative estimate of drug-likeness (QED) is 0.791. The Hall–Kier alpha value is -2.83. The predicted molar refractivity (Wildman–Crippen MR) is 70.5 cm³/mol. The number of carbonyl (C=O) groups is 2. The second kappa shape index (κ2) is 5.87. The van der Waals surface area contributed by atoms with Gasteiger partial charge in [0.25, 0.3) is 0 Å². The molecular weight excluding hydrogens is 262 g/mol. The molecule has 1 aromatic heterocycles. The van der Waals surface area contributed by atoms with E-state index in [9.17, 15) is 9.59 Å². The van der Waals surface area contributed by atoms with Crippen molar-refractivity contribution < 1.29 is 19.1 Å². The van der Waals surface area contributed by atoms with Crippen LogP contribution in [0.15, 0.2) is 34.9 Å². The van der Waals surface area contributed by atoms with Gasteiger partial charge in [0, 0.05) is 0 Å². The van der Waals surface area contributed by atoms with E-state index in [1.54, 1.807) is 25.3 Å². The number of carboxylic acids is 1. The van der Waals surface area contributed by atoms with Gasteiger partial charge in [-0.15, -0.1) is 0 Å². The van der Waals surface area contributed by atoms with Gasteiger partial charge in [-0.3, -0.25) is 0 Å². The zero-order valence-corrected chi connectivity index (χ0v) is 10.7. The summed E-state index contributed by atoms with van der Waals surface area (Å²) in [6.07, 6.45) is 1.55. The number of carboxylic acid groups (broad SMARTS) is 1. The highest BCUT2D eigenvalue weighted by Gasteiger charge is 2.11. The number of aromatic nitrogens is 1. The highest BCUT2D eigenvalue weighted by Crippen LogP contribution is 2.14. The van der Waals surface area contributed by atoms with Gasteiger partial charge in [-0.2, -0.15) is 0 Å². The molecule has 0 spiro atoms. The molecule has 0 aliphatic carbocycles. The number of carbonyl (C=O) groups excluding carboxylic acids is 1. The van der Waals surface area contributed by atoms with Crippen LogP contribution in [0.1, 0.15) is 22.0 Å². The van der Waals surface area contributed by atoms with Gasteiger partial charge < -0.3 is 20.2 Å². The summed E-state index contributed by atoms with van der Waals surface area (Å²) >= 11 is 0. The van der Waals surface area contributed by atoms with Crippen molar-refractivity contribution in [2.45, 2.75) is 13.5 Å². The van der Waals surface area contributed by atoms with Crippen LogP contribution in [0.5, 0.6) is 0 Å². The number of aryl methyl sites for hydroxylation is 1. The number of urea groups is 1. The summed E-state index contributed by atoms with van der Waals surface area (Å²) in [5, 5.41) is 14.0. The average Bonchev–Trinajstić information content (AvgIpc) is 2.83. The summed E-state index contributed by atoms with van der Waals surface area (Å²) in [7, 11) is 0. The summed E-state index contributed by atoms with van der Waals surface area (Å²) in [5.41, 5.74) is 0.246. The Morgan fingerprint density at radius 3 is 2.75 bits per heavy atom. The maximum absolute atomic E-state index is 11.7. The fourth-order valence-corrected chi connectivity index (χ4v) is 1.58. The van der Waals surface area contributed by atoms with Gasteiger partial charge in [0.2, 0.25) is 5.89 Å². The number of benzene rings is 1. The van der Waals surface area contributed by atoms with Crippen molar-refractivity contribution in [3.8, 4) is 0 Å². The molecule has 7 heteroatoms. The Balaban J connectivity index is 1.96. The minimum Gasteiger partial charge on any atom is -0.478 e. The van der Waals surface area contributed by atoms with Crippen LogP contribution >= 0.6 is 0 Å². The molecule has 0 aliphatic rings. The molecule has 0 aliphatic heterocycles. The fourth-order valence-electron chi connectivity index (χ4n) is 1.58. The molecule has 0 atom stereocenters. The summed E-state index contributed by atoms with van der Waals surface area (Å²) in [5.74, 6) is -0.0770. The van der Waals surface area contributed by atoms with Crippen molar-refractivity contribution in [1.29, 1.82) is 0 Å². The van der Waals surface area contributed by atoms with E-state index in [-0.39, 0.29) is 17.8 Å². The fraction of sp³-hybridized carbons (Fsp3) is 0.154. The van der Waals surface area contributed by atoms with Crippen molar-refractivity contribution in [3.63, 3.8) is 0 Å². The molecule has 20 heavy (non-hydrogen) atoms. The van der Waals surface area contributed by atoms with E-state index in [1.807, 2.05) is 0 Å². The maximum atomic E-state index is 11.7. The molecule has 0 unspecified atom stereocenters. The average molecular weight is 275 g/mol. The lowest BCUT2D eigenvalue weighted by molar-refractivity contribution is 0.0698. The first-order valence-electron chi connectivity index (χ1n) is 5.85. The van der Waals surface area contributed by atoms with Gasteiger partial charge in [-0.1, -0.05) is 12.1 Å². The minimum absolute atomic E-state index is 0.0228. The molecular formula is C13H13N3O4. The number of rotatable bonds is 4. The minimum atomic E-state index is -1.11. The van der Waals surface area contributed by atoms with Crippen LogP contribution < -0.4 is 10.6 Å². The maximum Gasteiger partial charge on any atom is 0.337 e. The molecule has 7 nitrogen and oxygen atoms in total. The zero-order chi connectivity index (χ0) is 14.5. The lowest BCUT2D eigenvalue weighted by Crippen LogP contribution is -2.29. The largest absolute Gasteiger partial charge is 0.478 e. The third-order valence-electron chi connectivity index (χ3n) is 2.47. The monoisotopic (exact) mass is 275 g/mol. The van der Waals surface area contributed by atoms with Crippen LogP contribution in [-0.4, -0.2) is 22.1 Å². The number of hydrogen-bond acceptors (Lipinski definition) is 4. The number of hydrogen-bond donors (Lipinski definition) is 3. The van der Waals surface area contributed by atoms with E-state index in [0.29, 0.717) is 11.7 Å². The van der Waals surface area contributed by atoms with Crippen molar-refractivity contribution in [2.75, 3.05) is 5.32 Å². The summed E-state index contributed by atoms with van der Waals surface area (Å²) in [6, 6.07) is 5.62. The number of amides is 2. The molecule has 3 N–H and O–H groups in total. The number of aromatic carboxylic acids is 1. The summed E-state index contributed by atoms with van der Waals surface area (Å²) in [6.45, 7) is 1.87. The molecule has 0 saturated carbocycles. The number of nitrogens with zero attached hydrogens (tertiary/aromatic N) is 1. The van der Waals surface area contributed by atoms with Gasteiger partial charge in [0.15, 0.2) is 0 Å². The van der Waals surface area contributed by atoms with Gasteiger partial charge in [0.05, 0.1) is 24.0 Å². The van der Waals surface area contributed by atoms with Gasteiger partial charge in [0.1, 0.15) is 5.76 Å². The number of para-hydroxylation sites is 1. The Morgan fingerprint density at radius 2 is 2.10 bits per heavy atom. The highest BCUT2D eigenvalue weighted by atomic mass is 16.4. The van der Waals surface area contributed by atoms with E-state index >= 15 is 0 Å². The van der Waals surface area contributed by atoms with E-state index in [2.05, 4.69) is 15.6 Å². The first-order chi connectivity index (χ1) is 9.56. The van der Waals surface area contributed by atoms with Crippen molar-refractivity contribution >= 4 is 17.7 Å². The van der Waals surface area contributed by atoms with Crippen LogP contribution in [-0.2, 0) is 6.54 Å². The molecule has 2 aromatic rings. The number of anilines is 1. The molecule has 0 bridgehead atoms. The third-order valence-corrected chi connectivity index (χ3v) is 2.47. The number of nitrogens with one attached hydrogen (secondary N) is 2. The number of oxazole rings is 1. The Bertz CT molecular complexity index is 636. The topological polar surface area (TPSA) is 104 Å². The summed E-state index contributed by atoms with van der Waals surface area (Å²) in [4.78, 5) is 26.6. The Labute approximate surface area is 114 Å². The molecule has 2 amide bonds.